The summed E-state index contributed by atoms with van der Waals surface area (Å²) in [5, 5.41) is 5.11. The zero-order valence-corrected chi connectivity index (χ0v) is 13.2. The highest BCUT2D eigenvalue weighted by molar-refractivity contribution is 7.10. The van der Waals surface area contributed by atoms with Gasteiger partial charge in [-0.05, 0) is 50.3 Å². The third-order valence-corrected chi connectivity index (χ3v) is 4.89. The molecule has 5 heteroatoms. The van der Waals surface area contributed by atoms with Gasteiger partial charge in [-0.15, -0.1) is 11.3 Å². The highest BCUT2D eigenvalue weighted by Crippen LogP contribution is 2.34. The van der Waals surface area contributed by atoms with Crippen LogP contribution in [-0.4, -0.2) is 17.5 Å². The van der Waals surface area contributed by atoms with Crippen LogP contribution in [0.2, 0.25) is 0 Å². The minimum atomic E-state index is -0.115. The van der Waals surface area contributed by atoms with Crippen molar-refractivity contribution >= 4 is 17.4 Å². The van der Waals surface area contributed by atoms with E-state index in [0.29, 0.717) is 0 Å². The van der Waals surface area contributed by atoms with E-state index in [0.717, 1.165) is 30.9 Å². The fourth-order valence-corrected chi connectivity index (χ4v) is 3.69. The predicted molar refractivity (Wildman–Crippen MR) is 83.4 cm³/mol. The molecule has 2 atom stereocenters. The molecule has 0 radical (unpaired) electrons. The highest BCUT2D eigenvalue weighted by atomic mass is 32.1. The summed E-state index contributed by atoms with van der Waals surface area (Å²) < 4.78 is 5.58. The SMILES string of the molecule is Cc1ccc([C@@H](C)NC(=O)N2CCC[C@@H]2c2cccs2)o1. The average Bonchev–Trinajstić information content (AvgIpc) is 3.19. The van der Waals surface area contributed by atoms with Crippen molar-refractivity contribution < 1.29 is 9.21 Å². The van der Waals surface area contributed by atoms with E-state index in [-0.39, 0.29) is 18.1 Å². The molecule has 3 heterocycles. The normalized spacial score (nSPS) is 19.7. The van der Waals surface area contributed by atoms with Crippen LogP contribution in [-0.2, 0) is 0 Å². The molecule has 1 aliphatic rings. The van der Waals surface area contributed by atoms with Gasteiger partial charge in [0, 0.05) is 11.4 Å². The van der Waals surface area contributed by atoms with E-state index >= 15 is 0 Å². The molecule has 0 saturated carbocycles. The second-order valence-electron chi connectivity index (χ2n) is 5.49. The number of carbonyl (C=O) groups is 1. The minimum absolute atomic E-state index is 0.00699. The number of nitrogens with zero attached hydrogens (tertiary/aromatic N) is 1. The summed E-state index contributed by atoms with van der Waals surface area (Å²) in [6.07, 6.45) is 2.10. The van der Waals surface area contributed by atoms with Crippen LogP contribution >= 0.6 is 11.3 Å². The lowest BCUT2D eigenvalue weighted by atomic mass is 10.2. The maximum Gasteiger partial charge on any atom is 0.318 e. The second kappa shape index (κ2) is 5.93. The van der Waals surface area contributed by atoms with Crippen molar-refractivity contribution in [1.29, 1.82) is 0 Å². The Kier molecular flexibility index (Phi) is 4.01. The van der Waals surface area contributed by atoms with Crippen LogP contribution < -0.4 is 5.32 Å². The largest absolute Gasteiger partial charge is 0.464 e. The summed E-state index contributed by atoms with van der Waals surface area (Å²) in [7, 11) is 0. The molecule has 1 aliphatic heterocycles. The number of carbonyl (C=O) groups excluding carboxylic acids is 1. The van der Waals surface area contributed by atoms with Crippen molar-refractivity contribution in [3.63, 3.8) is 0 Å². The van der Waals surface area contributed by atoms with Crippen LogP contribution in [0.15, 0.2) is 34.1 Å². The number of hydrogen-bond donors (Lipinski definition) is 1. The number of rotatable bonds is 3. The number of urea groups is 1. The third-order valence-electron chi connectivity index (χ3n) is 3.91. The zero-order valence-electron chi connectivity index (χ0n) is 12.3. The first-order valence-corrected chi connectivity index (χ1v) is 8.20. The third kappa shape index (κ3) is 2.97. The van der Waals surface area contributed by atoms with Crippen LogP contribution in [0.25, 0.3) is 0 Å². The van der Waals surface area contributed by atoms with E-state index in [1.807, 2.05) is 36.9 Å². The van der Waals surface area contributed by atoms with Crippen LogP contribution in [0.5, 0.6) is 0 Å². The van der Waals surface area contributed by atoms with Gasteiger partial charge in [0.15, 0.2) is 0 Å². The smallest absolute Gasteiger partial charge is 0.318 e. The average molecular weight is 304 g/mol. The zero-order chi connectivity index (χ0) is 14.8. The van der Waals surface area contributed by atoms with E-state index in [2.05, 4.69) is 16.8 Å². The molecule has 21 heavy (non-hydrogen) atoms. The summed E-state index contributed by atoms with van der Waals surface area (Å²) in [6, 6.07) is 8.09. The topological polar surface area (TPSA) is 45.5 Å². The van der Waals surface area contributed by atoms with Gasteiger partial charge in [-0.2, -0.15) is 0 Å². The van der Waals surface area contributed by atoms with Crippen molar-refractivity contribution in [1.82, 2.24) is 10.2 Å². The summed E-state index contributed by atoms with van der Waals surface area (Å²) in [6.45, 7) is 4.68. The van der Waals surface area contributed by atoms with Crippen LogP contribution in [0.1, 0.15) is 48.2 Å². The van der Waals surface area contributed by atoms with Gasteiger partial charge >= 0.3 is 6.03 Å². The van der Waals surface area contributed by atoms with E-state index in [4.69, 9.17) is 4.42 Å². The molecular formula is C16H20N2O2S. The summed E-state index contributed by atoms with van der Waals surface area (Å²) in [5.41, 5.74) is 0. The molecule has 0 aliphatic carbocycles. The maximum absolute atomic E-state index is 12.5. The number of aryl methyl sites for hydroxylation is 1. The first kappa shape index (κ1) is 14.2. The minimum Gasteiger partial charge on any atom is -0.464 e. The van der Waals surface area contributed by atoms with E-state index in [1.165, 1.54) is 4.88 Å². The van der Waals surface area contributed by atoms with Crippen molar-refractivity contribution in [2.75, 3.05) is 6.54 Å². The van der Waals surface area contributed by atoms with Crippen molar-refractivity contribution in [3.05, 3.63) is 46.0 Å². The molecule has 2 amide bonds. The first-order chi connectivity index (χ1) is 10.1. The molecule has 1 saturated heterocycles. The number of likely N-dealkylation sites (tertiary alicyclic amines) is 1. The number of furan rings is 1. The molecule has 2 aromatic heterocycles. The number of amides is 2. The Labute approximate surface area is 128 Å². The van der Waals surface area contributed by atoms with Crippen molar-refractivity contribution in [2.24, 2.45) is 0 Å². The fraction of sp³-hybridized carbons (Fsp3) is 0.438. The molecule has 4 nitrogen and oxygen atoms in total. The van der Waals surface area contributed by atoms with Gasteiger partial charge in [-0.25, -0.2) is 4.79 Å². The Bertz CT molecular complexity index is 606. The van der Waals surface area contributed by atoms with Gasteiger partial charge in [0.2, 0.25) is 0 Å². The Hall–Kier alpha value is -1.75. The van der Waals surface area contributed by atoms with Gasteiger partial charge in [0.1, 0.15) is 11.5 Å². The lowest BCUT2D eigenvalue weighted by molar-refractivity contribution is 0.189. The van der Waals surface area contributed by atoms with Gasteiger partial charge in [-0.1, -0.05) is 6.07 Å². The monoisotopic (exact) mass is 304 g/mol. The molecular weight excluding hydrogens is 284 g/mol. The van der Waals surface area contributed by atoms with Crippen molar-refractivity contribution in [3.8, 4) is 0 Å². The molecule has 1 fully saturated rings. The Morgan fingerprint density at radius 3 is 3.00 bits per heavy atom. The van der Waals surface area contributed by atoms with Crippen LogP contribution in [0.4, 0.5) is 4.79 Å². The van der Waals surface area contributed by atoms with Gasteiger partial charge in [0.05, 0.1) is 12.1 Å². The Balaban J connectivity index is 1.67. The van der Waals surface area contributed by atoms with Crippen LogP contribution in [0, 0.1) is 6.92 Å². The van der Waals surface area contributed by atoms with E-state index in [1.54, 1.807) is 11.3 Å². The quantitative estimate of drug-likeness (QED) is 0.921. The molecule has 0 spiro atoms. The number of nitrogens with one attached hydrogen (secondary N) is 1. The summed E-state index contributed by atoms with van der Waals surface area (Å²) in [5.74, 6) is 1.66. The molecule has 0 bridgehead atoms. The van der Waals surface area contributed by atoms with Crippen molar-refractivity contribution in [2.45, 2.75) is 38.8 Å². The molecule has 1 N–H and O–H groups in total. The fourth-order valence-electron chi connectivity index (χ4n) is 2.81. The number of thiophene rings is 1. The van der Waals surface area contributed by atoms with E-state index in [9.17, 15) is 4.79 Å². The summed E-state index contributed by atoms with van der Waals surface area (Å²) >= 11 is 1.72. The molecule has 0 unspecified atom stereocenters. The van der Waals surface area contributed by atoms with E-state index < -0.39 is 0 Å². The van der Waals surface area contributed by atoms with Gasteiger partial charge < -0.3 is 14.6 Å². The highest BCUT2D eigenvalue weighted by Gasteiger charge is 2.31. The van der Waals surface area contributed by atoms with Crippen LogP contribution in [0.3, 0.4) is 0 Å². The first-order valence-electron chi connectivity index (χ1n) is 7.32. The molecule has 112 valence electrons. The van der Waals surface area contributed by atoms with Gasteiger partial charge in [-0.3, -0.25) is 0 Å². The number of hydrogen-bond acceptors (Lipinski definition) is 3. The summed E-state index contributed by atoms with van der Waals surface area (Å²) in [4.78, 5) is 15.7. The predicted octanol–water partition coefficient (Wildman–Crippen LogP) is 4.26. The Morgan fingerprint density at radius 2 is 2.33 bits per heavy atom. The second-order valence-corrected chi connectivity index (χ2v) is 6.47. The van der Waals surface area contributed by atoms with Gasteiger partial charge in [0.25, 0.3) is 0 Å². The molecule has 3 rings (SSSR count). The lowest BCUT2D eigenvalue weighted by Gasteiger charge is -2.25. The maximum atomic E-state index is 12.5. The molecule has 2 aromatic rings. The Morgan fingerprint density at radius 1 is 1.48 bits per heavy atom. The lowest BCUT2D eigenvalue weighted by Crippen LogP contribution is -2.40. The standard InChI is InChI=1S/C16H20N2O2S/c1-11-7-8-14(20-11)12(2)17-16(19)18-9-3-5-13(18)15-6-4-10-21-15/h4,6-8,10,12-13H,3,5,9H2,1-2H3,(H,17,19)/t12-,13-/m1/s1. The molecule has 0 aromatic carbocycles.